The number of rotatable bonds is 8. The fourth-order valence-electron chi connectivity index (χ4n) is 4.05. The van der Waals surface area contributed by atoms with E-state index in [1.54, 1.807) is 0 Å². The van der Waals surface area contributed by atoms with E-state index in [0.29, 0.717) is 18.2 Å². The molecule has 0 aliphatic carbocycles. The lowest BCUT2D eigenvalue weighted by Crippen LogP contribution is -2.40. The van der Waals surface area contributed by atoms with Crippen LogP contribution in [0.25, 0.3) is 0 Å². The quantitative estimate of drug-likeness (QED) is 0.498. The van der Waals surface area contributed by atoms with Gasteiger partial charge in [0.05, 0.1) is 0 Å². The van der Waals surface area contributed by atoms with Gasteiger partial charge in [-0.1, -0.05) is 72.3 Å². The third-order valence-corrected chi connectivity index (χ3v) is 6.29. The van der Waals surface area contributed by atoms with Crippen molar-refractivity contribution in [3.63, 3.8) is 0 Å². The molecule has 1 saturated heterocycles. The van der Waals surface area contributed by atoms with Crippen LogP contribution in [0.3, 0.4) is 0 Å². The minimum absolute atomic E-state index is 0.0641. The van der Waals surface area contributed by atoms with E-state index in [1.165, 1.54) is 5.56 Å². The van der Waals surface area contributed by atoms with Crippen molar-refractivity contribution in [3.05, 3.63) is 101 Å². The maximum atomic E-state index is 12.6. The molecule has 3 aromatic rings. The molecule has 0 atom stereocenters. The molecule has 0 bridgehead atoms. The monoisotopic (exact) mass is 448 g/mol. The molecule has 1 amide bonds. The van der Waals surface area contributed by atoms with Crippen molar-refractivity contribution in [2.24, 2.45) is 5.92 Å². The summed E-state index contributed by atoms with van der Waals surface area (Å²) in [7, 11) is 0. The standard InChI is InChI=1S/C27H29ClN2O2/c28-26-12-5-4-10-24(26)18-29-27(31)23-13-15-30(16-14-23)19-22-9-6-11-25(17-22)32-20-21-7-2-1-3-8-21/h1-12,17,23H,13-16,18-20H2,(H,29,31). The minimum atomic E-state index is 0.0641. The summed E-state index contributed by atoms with van der Waals surface area (Å²) in [6.45, 7) is 3.75. The minimum Gasteiger partial charge on any atom is -0.489 e. The van der Waals surface area contributed by atoms with Crippen LogP contribution in [0.15, 0.2) is 78.9 Å². The maximum Gasteiger partial charge on any atom is 0.223 e. The van der Waals surface area contributed by atoms with Crippen molar-refractivity contribution in [1.82, 2.24) is 10.2 Å². The van der Waals surface area contributed by atoms with E-state index in [1.807, 2.05) is 54.6 Å². The van der Waals surface area contributed by atoms with Crippen LogP contribution in [-0.2, 0) is 24.5 Å². The van der Waals surface area contributed by atoms with Gasteiger partial charge in [-0.3, -0.25) is 9.69 Å². The van der Waals surface area contributed by atoms with Crippen molar-refractivity contribution in [2.45, 2.75) is 32.5 Å². The molecule has 0 unspecified atom stereocenters. The maximum absolute atomic E-state index is 12.6. The number of ether oxygens (including phenoxy) is 1. The zero-order valence-electron chi connectivity index (χ0n) is 18.2. The number of nitrogens with zero attached hydrogens (tertiary/aromatic N) is 1. The first-order chi connectivity index (χ1) is 15.7. The second kappa shape index (κ2) is 11.2. The van der Waals surface area contributed by atoms with Gasteiger partial charge in [-0.2, -0.15) is 0 Å². The highest BCUT2D eigenvalue weighted by Crippen LogP contribution is 2.22. The number of hydrogen-bond acceptors (Lipinski definition) is 3. The molecule has 3 aromatic carbocycles. The topological polar surface area (TPSA) is 41.6 Å². The first-order valence-electron chi connectivity index (χ1n) is 11.2. The predicted molar refractivity (Wildman–Crippen MR) is 129 cm³/mol. The summed E-state index contributed by atoms with van der Waals surface area (Å²) in [6.07, 6.45) is 1.75. The van der Waals surface area contributed by atoms with Crippen molar-refractivity contribution >= 4 is 17.5 Å². The van der Waals surface area contributed by atoms with Gasteiger partial charge in [-0.15, -0.1) is 0 Å². The summed E-state index contributed by atoms with van der Waals surface area (Å²) in [5, 5.41) is 3.74. The molecule has 4 nitrogen and oxygen atoms in total. The molecule has 4 rings (SSSR count). The zero-order chi connectivity index (χ0) is 22.2. The van der Waals surface area contributed by atoms with Gasteiger partial charge in [-0.05, 0) is 60.8 Å². The highest BCUT2D eigenvalue weighted by Gasteiger charge is 2.25. The van der Waals surface area contributed by atoms with E-state index in [9.17, 15) is 4.79 Å². The number of benzene rings is 3. The van der Waals surface area contributed by atoms with E-state index in [4.69, 9.17) is 16.3 Å². The van der Waals surface area contributed by atoms with Crippen LogP contribution in [0.5, 0.6) is 5.75 Å². The normalized spacial score (nSPS) is 14.8. The molecule has 0 saturated carbocycles. The first kappa shape index (κ1) is 22.4. The van der Waals surface area contributed by atoms with Crippen molar-refractivity contribution in [3.8, 4) is 5.75 Å². The molecule has 0 aromatic heterocycles. The Hall–Kier alpha value is -2.82. The van der Waals surface area contributed by atoms with E-state index in [2.05, 4.69) is 34.5 Å². The van der Waals surface area contributed by atoms with Crippen LogP contribution in [0.2, 0.25) is 5.02 Å². The third-order valence-electron chi connectivity index (χ3n) is 5.92. The molecular weight excluding hydrogens is 420 g/mol. The smallest absolute Gasteiger partial charge is 0.223 e. The number of carbonyl (C=O) groups excluding carboxylic acids is 1. The summed E-state index contributed by atoms with van der Waals surface area (Å²) in [5.41, 5.74) is 3.35. The molecule has 32 heavy (non-hydrogen) atoms. The summed E-state index contributed by atoms with van der Waals surface area (Å²) in [4.78, 5) is 15.0. The van der Waals surface area contributed by atoms with Crippen molar-refractivity contribution in [2.75, 3.05) is 13.1 Å². The number of carbonyl (C=O) groups is 1. The SMILES string of the molecule is O=C(NCc1ccccc1Cl)C1CCN(Cc2cccc(OCc3ccccc3)c2)CC1. The Morgan fingerprint density at radius 3 is 2.44 bits per heavy atom. The Labute approximate surface area is 195 Å². The van der Waals surface area contributed by atoms with Crippen LogP contribution >= 0.6 is 11.6 Å². The van der Waals surface area contributed by atoms with Gasteiger partial charge in [-0.25, -0.2) is 0 Å². The lowest BCUT2D eigenvalue weighted by atomic mass is 9.95. The molecule has 1 fully saturated rings. The highest BCUT2D eigenvalue weighted by atomic mass is 35.5. The molecule has 1 N–H and O–H groups in total. The van der Waals surface area contributed by atoms with Gasteiger partial charge in [0, 0.05) is 24.0 Å². The Balaban J connectivity index is 1.22. The molecule has 0 radical (unpaired) electrons. The molecule has 1 heterocycles. The summed E-state index contributed by atoms with van der Waals surface area (Å²) < 4.78 is 5.96. The number of halogens is 1. The lowest BCUT2D eigenvalue weighted by Gasteiger charge is -2.31. The van der Waals surface area contributed by atoms with Gasteiger partial charge in [0.1, 0.15) is 12.4 Å². The van der Waals surface area contributed by atoms with Gasteiger partial charge in [0.15, 0.2) is 0 Å². The van der Waals surface area contributed by atoms with Gasteiger partial charge >= 0.3 is 0 Å². The van der Waals surface area contributed by atoms with Crippen LogP contribution in [-0.4, -0.2) is 23.9 Å². The molecule has 0 spiro atoms. The molecule has 1 aliphatic heterocycles. The zero-order valence-corrected chi connectivity index (χ0v) is 18.9. The Bertz CT molecular complexity index is 1020. The highest BCUT2D eigenvalue weighted by molar-refractivity contribution is 6.31. The molecular formula is C27H29ClN2O2. The largest absolute Gasteiger partial charge is 0.489 e. The predicted octanol–water partition coefficient (Wildman–Crippen LogP) is 5.45. The molecule has 1 aliphatic rings. The second-order valence-electron chi connectivity index (χ2n) is 8.28. The summed E-state index contributed by atoms with van der Waals surface area (Å²) >= 11 is 6.18. The first-order valence-corrected chi connectivity index (χ1v) is 11.5. The third kappa shape index (κ3) is 6.35. The fourth-order valence-corrected chi connectivity index (χ4v) is 4.26. The Kier molecular flexibility index (Phi) is 7.81. The summed E-state index contributed by atoms with van der Waals surface area (Å²) in [6, 6.07) is 26.1. The van der Waals surface area contributed by atoms with Gasteiger partial charge < -0.3 is 10.1 Å². The van der Waals surface area contributed by atoms with E-state index < -0.39 is 0 Å². The second-order valence-corrected chi connectivity index (χ2v) is 8.69. The van der Waals surface area contributed by atoms with E-state index in [-0.39, 0.29) is 11.8 Å². The fraction of sp³-hybridized carbons (Fsp3) is 0.296. The van der Waals surface area contributed by atoms with Gasteiger partial charge in [0.25, 0.3) is 0 Å². The molecule has 166 valence electrons. The van der Waals surface area contributed by atoms with E-state index >= 15 is 0 Å². The number of piperidine rings is 1. The Morgan fingerprint density at radius 1 is 0.938 bits per heavy atom. The number of nitrogens with one attached hydrogen (secondary N) is 1. The average molecular weight is 449 g/mol. The van der Waals surface area contributed by atoms with E-state index in [0.717, 1.165) is 49.4 Å². The lowest BCUT2D eigenvalue weighted by molar-refractivity contribution is -0.126. The summed E-state index contributed by atoms with van der Waals surface area (Å²) in [5.74, 6) is 1.08. The van der Waals surface area contributed by atoms with Crippen LogP contribution < -0.4 is 10.1 Å². The van der Waals surface area contributed by atoms with Crippen molar-refractivity contribution < 1.29 is 9.53 Å². The van der Waals surface area contributed by atoms with Gasteiger partial charge in [0.2, 0.25) is 5.91 Å². The van der Waals surface area contributed by atoms with Crippen LogP contribution in [0.4, 0.5) is 0 Å². The van der Waals surface area contributed by atoms with Crippen LogP contribution in [0.1, 0.15) is 29.5 Å². The number of hydrogen-bond donors (Lipinski definition) is 1. The average Bonchev–Trinajstić information content (AvgIpc) is 2.83. The molecule has 5 heteroatoms. The van der Waals surface area contributed by atoms with Crippen LogP contribution in [0, 0.1) is 5.92 Å². The Morgan fingerprint density at radius 2 is 1.66 bits per heavy atom. The number of likely N-dealkylation sites (tertiary alicyclic amines) is 1. The van der Waals surface area contributed by atoms with Crippen molar-refractivity contribution in [1.29, 1.82) is 0 Å². The number of amides is 1.